The van der Waals surface area contributed by atoms with Gasteiger partial charge in [0.2, 0.25) is 0 Å². The maximum absolute atomic E-state index is 11.8. The maximum Gasteiger partial charge on any atom is 0.262 e. The van der Waals surface area contributed by atoms with Crippen LogP contribution in [0.15, 0.2) is 46.9 Å². The van der Waals surface area contributed by atoms with Crippen LogP contribution in [0.5, 0.6) is 5.75 Å². The number of anilines is 1. The Labute approximate surface area is 131 Å². The second-order valence-electron chi connectivity index (χ2n) is 4.26. The van der Waals surface area contributed by atoms with Crippen LogP contribution in [0.2, 0.25) is 5.02 Å². The molecule has 0 saturated carbocycles. The lowest BCUT2D eigenvalue weighted by atomic mass is 10.2. The van der Waals surface area contributed by atoms with Gasteiger partial charge in [0.15, 0.2) is 6.61 Å². The van der Waals surface area contributed by atoms with Crippen LogP contribution in [0.1, 0.15) is 5.56 Å². The maximum atomic E-state index is 11.8. The highest BCUT2D eigenvalue weighted by Crippen LogP contribution is 2.22. The number of halogens is 2. The number of aryl methyl sites for hydroxylation is 1. The molecule has 0 aliphatic rings. The van der Waals surface area contributed by atoms with Gasteiger partial charge in [0.05, 0.1) is 0 Å². The van der Waals surface area contributed by atoms with Crippen molar-refractivity contribution < 1.29 is 9.53 Å². The second-order valence-corrected chi connectivity index (χ2v) is 5.61. The third-order valence-corrected chi connectivity index (χ3v) is 3.33. The van der Waals surface area contributed by atoms with Crippen LogP contribution in [-0.4, -0.2) is 12.5 Å². The Hall–Kier alpha value is -1.52. The molecule has 0 unspecified atom stereocenters. The van der Waals surface area contributed by atoms with Crippen LogP contribution in [-0.2, 0) is 4.79 Å². The highest BCUT2D eigenvalue weighted by Gasteiger charge is 2.06. The molecule has 2 aromatic rings. The summed E-state index contributed by atoms with van der Waals surface area (Å²) in [5, 5.41) is 3.41. The number of ether oxygens (including phenoxy) is 1. The quantitative estimate of drug-likeness (QED) is 0.882. The van der Waals surface area contributed by atoms with Gasteiger partial charge in [-0.3, -0.25) is 4.79 Å². The van der Waals surface area contributed by atoms with E-state index >= 15 is 0 Å². The fraction of sp³-hybridized carbons (Fsp3) is 0.133. The highest BCUT2D eigenvalue weighted by atomic mass is 79.9. The summed E-state index contributed by atoms with van der Waals surface area (Å²) in [6.45, 7) is 1.84. The van der Waals surface area contributed by atoms with Crippen molar-refractivity contribution in [3.8, 4) is 5.75 Å². The number of hydrogen-bond donors (Lipinski definition) is 1. The molecule has 0 aromatic heterocycles. The van der Waals surface area contributed by atoms with Crippen molar-refractivity contribution in [2.45, 2.75) is 6.92 Å². The van der Waals surface area contributed by atoms with Crippen molar-refractivity contribution in [2.75, 3.05) is 11.9 Å². The monoisotopic (exact) mass is 353 g/mol. The first-order valence-corrected chi connectivity index (χ1v) is 7.16. The molecule has 2 rings (SSSR count). The van der Waals surface area contributed by atoms with Crippen molar-refractivity contribution in [3.63, 3.8) is 0 Å². The molecule has 20 heavy (non-hydrogen) atoms. The van der Waals surface area contributed by atoms with Crippen molar-refractivity contribution in [1.82, 2.24) is 0 Å². The molecule has 0 heterocycles. The van der Waals surface area contributed by atoms with E-state index in [1.807, 2.05) is 31.2 Å². The SMILES string of the molecule is Cc1cc(Cl)ccc1OCC(=O)Nc1cccc(Br)c1. The first-order valence-electron chi connectivity index (χ1n) is 5.99. The van der Waals surface area contributed by atoms with Gasteiger partial charge in [-0.1, -0.05) is 33.6 Å². The summed E-state index contributed by atoms with van der Waals surface area (Å²) in [7, 11) is 0. The fourth-order valence-corrected chi connectivity index (χ4v) is 2.31. The van der Waals surface area contributed by atoms with Crippen LogP contribution >= 0.6 is 27.5 Å². The van der Waals surface area contributed by atoms with Crippen molar-refractivity contribution >= 4 is 39.1 Å². The lowest BCUT2D eigenvalue weighted by Crippen LogP contribution is -2.20. The molecule has 1 amide bonds. The van der Waals surface area contributed by atoms with Crippen molar-refractivity contribution in [2.24, 2.45) is 0 Å². The lowest BCUT2D eigenvalue weighted by Gasteiger charge is -2.10. The van der Waals surface area contributed by atoms with Gasteiger partial charge in [-0.25, -0.2) is 0 Å². The van der Waals surface area contributed by atoms with E-state index in [-0.39, 0.29) is 12.5 Å². The number of hydrogen-bond acceptors (Lipinski definition) is 2. The molecule has 2 aromatic carbocycles. The number of rotatable bonds is 4. The van der Waals surface area contributed by atoms with Gasteiger partial charge < -0.3 is 10.1 Å². The average molecular weight is 355 g/mol. The molecule has 0 saturated heterocycles. The zero-order valence-electron chi connectivity index (χ0n) is 10.8. The summed E-state index contributed by atoms with van der Waals surface area (Å²) in [4.78, 5) is 11.8. The Morgan fingerprint density at radius 2 is 2.10 bits per heavy atom. The molecule has 3 nitrogen and oxygen atoms in total. The lowest BCUT2D eigenvalue weighted by molar-refractivity contribution is -0.118. The highest BCUT2D eigenvalue weighted by molar-refractivity contribution is 9.10. The molecule has 1 N–H and O–H groups in total. The standard InChI is InChI=1S/C15H13BrClNO2/c1-10-7-12(17)5-6-14(10)20-9-15(19)18-13-4-2-3-11(16)8-13/h2-8H,9H2,1H3,(H,18,19). The molecule has 0 fully saturated rings. The average Bonchev–Trinajstić information content (AvgIpc) is 2.37. The predicted molar refractivity (Wildman–Crippen MR) is 84.5 cm³/mol. The Bertz CT molecular complexity index is 631. The van der Waals surface area contributed by atoms with E-state index in [1.54, 1.807) is 18.2 Å². The summed E-state index contributed by atoms with van der Waals surface area (Å²) in [6, 6.07) is 12.7. The Kier molecular flexibility index (Phi) is 5.04. The van der Waals surface area contributed by atoms with E-state index in [1.165, 1.54) is 0 Å². The molecule has 0 bridgehead atoms. The number of amides is 1. The largest absolute Gasteiger partial charge is 0.483 e. The minimum Gasteiger partial charge on any atom is -0.483 e. The van der Waals surface area contributed by atoms with E-state index in [2.05, 4.69) is 21.2 Å². The first-order chi connectivity index (χ1) is 9.54. The summed E-state index contributed by atoms with van der Waals surface area (Å²) >= 11 is 9.21. The molecule has 0 spiro atoms. The number of carbonyl (C=O) groups is 1. The van der Waals surface area contributed by atoms with Crippen molar-refractivity contribution in [1.29, 1.82) is 0 Å². The third kappa shape index (κ3) is 4.25. The predicted octanol–water partition coefficient (Wildman–Crippen LogP) is 4.43. The Balaban J connectivity index is 1.92. The summed E-state index contributed by atoms with van der Waals surface area (Å²) in [6.07, 6.45) is 0. The van der Waals surface area contributed by atoms with Gasteiger partial charge in [-0.15, -0.1) is 0 Å². The Morgan fingerprint density at radius 1 is 1.30 bits per heavy atom. The Morgan fingerprint density at radius 3 is 2.80 bits per heavy atom. The first kappa shape index (κ1) is 14.9. The minimum atomic E-state index is -0.211. The summed E-state index contributed by atoms with van der Waals surface area (Å²) < 4.78 is 6.38. The normalized spacial score (nSPS) is 10.2. The van der Waals surface area contributed by atoms with E-state index in [4.69, 9.17) is 16.3 Å². The fourth-order valence-electron chi connectivity index (χ4n) is 1.68. The third-order valence-electron chi connectivity index (χ3n) is 2.60. The van der Waals surface area contributed by atoms with Crippen LogP contribution in [0, 0.1) is 6.92 Å². The molecule has 0 atom stereocenters. The van der Waals surface area contributed by atoms with Gasteiger partial charge in [-0.2, -0.15) is 0 Å². The summed E-state index contributed by atoms with van der Waals surface area (Å²) in [5.41, 5.74) is 1.62. The van der Waals surface area contributed by atoms with Gasteiger partial charge in [0.1, 0.15) is 5.75 Å². The van der Waals surface area contributed by atoms with Crippen LogP contribution in [0.25, 0.3) is 0 Å². The second kappa shape index (κ2) is 6.77. The van der Waals surface area contributed by atoms with Gasteiger partial charge >= 0.3 is 0 Å². The molecule has 0 radical (unpaired) electrons. The van der Waals surface area contributed by atoms with Gasteiger partial charge in [0.25, 0.3) is 5.91 Å². The van der Waals surface area contributed by atoms with Gasteiger partial charge in [-0.05, 0) is 48.9 Å². The topological polar surface area (TPSA) is 38.3 Å². The molecule has 5 heteroatoms. The molecule has 0 aliphatic heterocycles. The number of carbonyl (C=O) groups excluding carboxylic acids is 1. The summed E-state index contributed by atoms with van der Waals surface area (Å²) in [5.74, 6) is 0.441. The molecular weight excluding hydrogens is 342 g/mol. The van der Waals surface area contributed by atoms with Crippen LogP contribution in [0.4, 0.5) is 5.69 Å². The van der Waals surface area contributed by atoms with E-state index in [0.717, 1.165) is 15.7 Å². The van der Waals surface area contributed by atoms with E-state index in [0.29, 0.717) is 10.8 Å². The number of nitrogens with one attached hydrogen (secondary N) is 1. The minimum absolute atomic E-state index is 0.0466. The van der Waals surface area contributed by atoms with Crippen LogP contribution in [0.3, 0.4) is 0 Å². The van der Waals surface area contributed by atoms with Gasteiger partial charge in [0, 0.05) is 15.2 Å². The molecule has 104 valence electrons. The molecule has 0 aliphatic carbocycles. The zero-order chi connectivity index (χ0) is 14.5. The van der Waals surface area contributed by atoms with E-state index < -0.39 is 0 Å². The van der Waals surface area contributed by atoms with Crippen molar-refractivity contribution in [3.05, 3.63) is 57.5 Å². The molecular formula is C15H13BrClNO2. The van der Waals surface area contributed by atoms with Crippen LogP contribution < -0.4 is 10.1 Å². The number of benzene rings is 2. The zero-order valence-corrected chi connectivity index (χ0v) is 13.2. The van der Waals surface area contributed by atoms with E-state index in [9.17, 15) is 4.79 Å². The smallest absolute Gasteiger partial charge is 0.262 e.